The smallest absolute Gasteiger partial charge is 0.159 e. The third kappa shape index (κ3) is 2.87. The third-order valence-corrected chi connectivity index (χ3v) is 5.02. The first kappa shape index (κ1) is 14.7. The molecule has 3 rings (SSSR count). The molecular weight excluding hydrogens is 326 g/mol. The van der Waals surface area contributed by atoms with Gasteiger partial charge in [0.25, 0.3) is 0 Å². The maximum Gasteiger partial charge on any atom is 0.159 e. The van der Waals surface area contributed by atoms with Gasteiger partial charge in [0, 0.05) is 33.5 Å². The quantitative estimate of drug-likeness (QED) is 0.842. The van der Waals surface area contributed by atoms with Crippen molar-refractivity contribution in [3.63, 3.8) is 0 Å². The van der Waals surface area contributed by atoms with E-state index in [1.54, 1.807) is 0 Å². The van der Waals surface area contributed by atoms with E-state index < -0.39 is 0 Å². The SMILES string of the molecule is Cc1cc(-c2ncc3c(n2)CC(C)(C)CC3N)ccc1Br. The zero-order valence-corrected chi connectivity index (χ0v) is 14.2. The van der Waals surface area contributed by atoms with Crippen LogP contribution in [0.15, 0.2) is 28.9 Å². The predicted molar refractivity (Wildman–Crippen MR) is 88.9 cm³/mol. The highest BCUT2D eigenvalue weighted by atomic mass is 79.9. The minimum Gasteiger partial charge on any atom is -0.324 e. The van der Waals surface area contributed by atoms with E-state index in [0.29, 0.717) is 0 Å². The summed E-state index contributed by atoms with van der Waals surface area (Å²) in [5.74, 6) is 0.786. The molecule has 1 aromatic heterocycles. The summed E-state index contributed by atoms with van der Waals surface area (Å²) in [5, 5.41) is 0. The maximum absolute atomic E-state index is 6.27. The van der Waals surface area contributed by atoms with Gasteiger partial charge in [0.2, 0.25) is 0 Å². The number of nitrogens with zero attached hydrogens (tertiary/aromatic N) is 2. The van der Waals surface area contributed by atoms with Crippen molar-refractivity contribution in [1.29, 1.82) is 0 Å². The molecule has 0 aliphatic heterocycles. The van der Waals surface area contributed by atoms with Gasteiger partial charge in [-0.05, 0) is 42.9 Å². The fourth-order valence-corrected chi connectivity index (χ4v) is 3.28. The van der Waals surface area contributed by atoms with Gasteiger partial charge >= 0.3 is 0 Å². The number of rotatable bonds is 1. The average molecular weight is 346 g/mol. The fraction of sp³-hybridized carbons (Fsp3) is 0.412. The van der Waals surface area contributed by atoms with Crippen LogP contribution in [0, 0.1) is 12.3 Å². The highest BCUT2D eigenvalue weighted by Crippen LogP contribution is 2.39. The second-order valence-electron chi connectivity index (χ2n) is 6.71. The fourth-order valence-electron chi connectivity index (χ4n) is 3.03. The van der Waals surface area contributed by atoms with E-state index in [9.17, 15) is 0 Å². The van der Waals surface area contributed by atoms with E-state index in [-0.39, 0.29) is 11.5 Å². The summed E-state index contributed by atoms with van der Waals surface area (Å²) in [5.41, 5.74) is 10.9. The monoisotopic (exact) mass is 345 g/mol. The predicted octanol–water partition coefficient (Wildman–Crippen LogP) is 4.19. The number of hydrogen-bond acceptors (Lipinski definition) is 3. The van der Waals surface area contributed by atoms with Crippen LogP contribution >= 0.6 is 15.9 Å². The summed E-state index contributed by atoms with van der Waals surface area (Å²) >= 11 is 3.53. The van der Waals surface area contributed by atoms with Crippen molar-refractivity contribution < 1.29 is 0 Å². The standard InChI is InChI=1S/C17H20BrN3/c1-10-6-11(4-5-13(10)18)16-20-9-12-14(19)7-17(2,3)8-15(12)21-16/h4-6,9,14H,7-8,19H2,1-3H3. The van der Waals surface area contributed by atoms with E-state index in [4.69, 9.17) is 10.7 Å². The summed E-state index contributed by atoms with van der Waals surface area (Å²) in [6.07, 6.45) is 3.86. The molecular formula is C17H20BrN3. The van der Waals surface area contributed by atoms with Gasteiger partial charge in [-0.15, -0.1) is 0 Å². The molecule has 3 nitrogen and oxygen atoms in total. The number of halogens is 1. The Morgan fingerprint density at radius 2 is 2.10 bits per heavy atom. The van der Waals surface area contributed by atoms with Gasteiger partial charge in [0.05, 0.1) is 0 Å². The van der Waals surface area contributed by atoms with Gasteiger partial charge < -0.3 is 5.73 Å². The van der Waals surface area contributed by atoms with Gasteiger partial charge in [-0.2, -0.15) is 0 Å². The molecule has 0 saturated heterocycles. The lowest BCUT2D eigenvalue weighted by Crippen LogP contribution is -2.30. The molecule has 1 heterocycles. The number of hydrogen-bond donors (Lipinski definition) is 1. The topological polar surface area (TPSA) is 51.8 Å². The number of aromatic nitrogens is 2. The molecule has 0 amide bonds. The van der Waals surface area contributed by atoms with Crippen molar-refractivity contribution in [3.05, 3.63) is 45.7 Å². The third-order valence-electron chi connectivity index (χ3n) is 4.13. The van der Waals surface area contributed by atoms with Crippen LogP contribution in [0.3, 0.4) is 0 Å². The van der Waals surface area contributed by atoms with E-state index in [1.165, 1.54) is 5.56 Å². The van der Waals surface area contributed by atoms with Gasteiger partial charge in [-0.25, -0.2) is 9.97 Å². The molecule has 0 bridgehead atoms. The highest BCUT2D eigenvalue weighted by Gasteiger charge is 2.31. The molecule has 1 aliphatic rings. The average Bonchev–Trinajstić information content (AvgIpc) is 2.40. The summed E-state index contributed by atoms with van der Waals surface area (Å²) in [4.78, 5) is 9.32. The first-order valence-corrected chi connectivity index (χ1v) is 8.03. The van der Waals surface area contributed by atoms with Crippen LogP contribution in [0.2, 0.25) is 0 Å². The molecule has 4 heteroatoms. The van der Waals surface area contributed by atoms with Crippen molar-refractivity contribution in [2.24, 2.45) is 11.1 Å². The molecule has 1 aliphatic carbocycles. The van der Waals surface area contributed by atoms with Crippen LogP contribution in [0.1, 0.15) is 43.1 Å². The molecule has 0 saturated carbocycles. The Balaban J connectivity index is 2.05. The minimum atomic E-state index is 0.0458. The highest BCUT2D eigenvalue weighted by molar-refractivity contribution is 9.10. The molecule has 0 radical (unpaired) electrons. The Kier molecular flexibility index (Phi) is 3.62. The Labute approximate surface area is 134 Å². The Hall–Kier alpha value is -1.26. The molecule has 1 aromatic carbocycles. The van der Waals surface area contributed by atoms with Crippen molar-refractivity contribution >= 4 is 15.9 Å². The molecule has 0 spiro atoms. The number of fused-ring (bicyclic) bond motifs is 1. The number of nitrogens with two attached hydrogens (primary N) is 1. The van der Waals surface area contributed by atoms with Crippen LogP contribution in [-0.2, 0) is 6.42 Å². The van der Waals surface area contributed by atoms with Crippen LogP contribution in [0.25, 0.3) is 11.4 Å². The Morgan fingerprint density at radius 3 is 2.81 bits per heavy atom. The van der Waals surface area contributed by atoms with Gasteiger partial charge in [-0.3, -0.25) is 0 Å². The van der Waals surface area contributed by atoms with Crippen molar-refractivity contribution in [2.75, 3.05) is 0 Å². The molecule has 2 aromatic rings. The van der Waals surface area contributed by atoms with E-state index >= 15 is 0 Å². The number of benzene rings is 1. The van der Waals surface area contributed by atoms with Crippen molar-refractivity contribution in [2.45, 2.75) is 39.7 Å². The minimum absolute atomic E-state index is 0.0458. The molecule has 2 N–H and O–H groups in total. The summed E-state index contributed by atoms with van der Waals surface area (Å²) in [6, 6.07) is 6.25. The number of aryl methyl sites for hydroxylation is 1. The molecule has 0 fully saturated rings. The zero-order chi connectivity index (χ0) is 15.2. The lowest BCUT2D eigenvalue weighted by molar-refractivity contribution is 0.278. The van der Waals surface area contributed by atoms with Crippen LogP contribution in [-0.4, -0.2) is 9.97 Å². The lowest BCUT2D eigenvalue weighted by Gasteiger charge is -2.34. The Morgan fingerprint density at radius 1 is 1.33 bits per heavy atom. The largest absolute Gasteiger partial charge is 0.324 e. The first-order valence-electron chi connectivity index (χ1n) is 7.24. The normalized spacial score (nSPS) is 20.1. The molecule has 110 valence electrons. The van der Waals surface area contributed by atoms with E-state index in [0.717, 1.165) is 40.0 Å². The van der Waals surface area contributed by atoms with Crippen LogP contribution in [0.4, 0.5) is 0 Å². The zero-order valence-electron chi connectivity index (χ0n) is 12.7. The second-order valence-corrected chi connectivity index (χ2v) is 7.57. The van der Waals surface area contributed by atoms with Gasteiger partial charge in [-0.1, -0.05) is 35.8 Å². The Bertz CT molecular complexity index is 694. The molecule has 21 heavy (non-hydrogen) atoms. The second kappa shape index (κ2) is 5.18. The van der Waals surface area contributed by atoms with E-state index in [2.05, 4.69) is 47.8 Å². The van der Waals surface area contributed by atoms with Gasteiger partial charge in [0.1, 0.15) is 0 Å². The van der Waals surface area contributed by atoms with Crippen LogP contribution in [0.5, 0.6) is 0 Å². The van der Waals surface area contributed by atoms with Crippen LogP contribution < -0.4 is 5.73 Å². The summed E-state index contributed by atoms with van der Waals surface area (Å²) < 4.78 is 1.10. The maximum atomic E-state index is 6.27. The van der Waals surface area contributed by atoms with Crippen molar-refractivity contribution in [3.8, 4) is 11.4 Å². The van der Waals surface area contributed by atoms with Crippen molar-refractivity contribution in [1.82, 2.24) is 9.97 Å². The summed E-state index contributed by atoms with van der Waals surface area (Å²) in [7, 11) is 0. The first-order chi connectivity index (χ1) is 9.85. The van der Waals surface area contributed by atoms with Gasteiger partial charge in [0.15, 0.2) is 5.82 Å². The summed E-state index contributed by atoms with van der Waals surface area (Å²) in [6.45, 7) is 6.58. The lowest BCUT2D eigenvalue weighted by atomic mass is 9.74. The molecule has 1 atom stereocenters. The molecule has 1 unspecified atom stereocenters. The van der Waals surface area contributed by atoms with E-state index in [1.807, 2.05) is 18.3 Å².